The molecule has 1 aliphatic rings. The second-order valence-electron chi connectivity index (χ2n) is 4.90. The molecule has 0 aliphatic heterocycles. The van der Waals surface area contributed by atoms with Gasteiger partial charge < -0.3 is 5.11 Å². The molecule has 1 unspecified atom stereocenters. The lowest BCUT2D eigenvalue weighted by Crippen LogP contribution is -2.41. The molecule has 0 aromatic rings. The number of carbonyl (C=O) groups is 1. The highest BCUT2D eigenvalue weighted by Crippen LogP contribution is 2.52. The summed E-state index contributed by atoms with van der Waals surface area (Å²) in [5.41, 5.74) is 0.400. The summed E-state index contributed by atoms with van der Waals surface area (Å²) in [4.78, 5) is 10.8. The molecule has 1 atom stereocenters. The van der Waals surface area contributed by atoms with E-state index in [2.05, 4.69) is 13.6 Å². The van der Waals surface area contributed by atoms with Gasteiger partial charge in [0.2, 0.25) is 0 Å². The number of carboxylic acids is 1. The molecule has 0 spiro atoms. The first-order chi connectivity index (χ1) is 7.13. The van der Waals surface area contributed by atoms with Crippen molar-refractivity contribution in [3.05, 3.63) is 0 Å². The van der Waals surface area contributed by atoms with Gasteiger partial charge in [0.05, 0.1) is 5.92 Å². The molecule has 0 saturated heterocycles. The summed E-state index contributed by atoms with van der Waals surface area (Å²) in [6.45, 7) is 4.45. The molecule has 2 nitrogen and oxygen atoms in total. The van der Waals surface area contributed by atoms with Gasteiger partial charge in [0.25, 0.3) is 0 Å². The third kappa shape index (κ3) is 3.45. The Hall–Kier alpha value is -0.100. The van der Waals surface area contributed by atoms with Gasteiger partial charge in [0.15, 0.2) is 0 Å². The first-order valence-electron chi connectivity index (χ1n) is 6.01. The van der Waals surface area contributed by atoms with E-state index in [9.17, 15) is 4.79 Å². The summed E-state index contributed by atoms with van der Waals surface area (Å²) in [6.07, 6.45) is 8.16. The number of aliphatic carboxylic acids is 1. The van der Waals surface area contributed by atoms with Crippen molar-refractivity contribution in [2.75, 3.05) is 12.8 Å². The molecule has 1 N–H and O–H groups in total. The fourth-order valence-electron chi connectivity index (χ4n) is 2.86. The average Bonchev–Trinajstić information content (AvgIpc) is 2.12. The lowest BCUT2D eigenvalue weighted by Gasteiger charge is -2.46. The van der Waals surface area contributed by atoms with Gasteiger partial charge in [-0.3, -0.25) is 4.79 Å². The predicted molar refractivity (Wildman–Crippen MR) is 66.0 cm³/mol. The lowest BCUT2D eigenvalue weighted by atomic mass is 9.58. The number of hydrogen-bond acceptors (Lipinski definition) is 1. The zero-order valence-electron chi connectivity index (χ0n) is 9.88. The van der Waals surface area contributed by atoms with Crippen molar-refractivity contribution in [2.24, 2.45) is 11.3 Å². The standard InChI is InChI=1S/C12H23O2P/c1-3-5-12(6-4-7-15-2)8-10(9-12)11(13)14/h10,15H,3-9H2,1-2H3,(H,13,14). The Kier molecular flexibility index (Phi) is 5.05. The molecule has 1 rings (SSSR count). The molecule has 15 heavy (non-hydrogen) atoms. The van der Waals surface area contributed by atoms with Crippen LogP contribution in [0.1, 0.15) is 45.4 Å². The van der Waals surface area contributed by atoms with Gasteiger partial charge in [0.1, 0.15) is 0 Å². The maximum atomic E-state index is 10.8. The van der Waals surface area contributed by atoms with E-state index in [0.29, 0.717) is 5.41 Å². The van der Waals surface area contributed by atoms with Gasteiger partial charge in [-0.15, -0.1) is 8.58 Å². The maximum absolute atomic E-state index is 10.8. The van der Waals surface area contributed by atoms with Crippen LogP contribution in [-0.4, -0.2) is 23.9 Å². The Labute approximate surface area is 94.6 Å². The minimum atomic E-state index is -0.584. The van der Waals surface area contributed by atoms with E-state index in [1.54, 1.807) is 0 Å². The molecule has 0 heterocycles. The zero-order valence-corrected chi connectivity index (χ0v) is 10.9. The summed E-state index contributed by atoms with van der Waals surface area (Å²) in [5.74, 6) is -0.625. The van der Waals surface area contributed by atoms with Gasteiger partial charge in [-0.2, -0.15) is 0 Å². The summed E-state index contributed by atoms with van der Waals surface area (Å²) >= 11 is 0. The summed E-state index contributed by atoms with van der Waals surface area (Å²) < 4.78 is 0. The maximum Gasteiger partial charge on any atom is 0.306 e. The van der Waals surface area contributed by atoms with Crippen molar-refractivity contribution in [2.45, 2.75) is 45.4 Å². The SMILES string of the molecule is CCCC1(CCCPC)CC(C(=O)O)C1. The molecule has 3 heteroatoms. The van der Waals surface area contributed by atoms with Crippen LogP contribution in [0, 0.1) is 11.3 Å². The molecule has 1 aliphatic carbocycles. The quantitative estimate of drug-likeness (QED) is 0.538. The Morgan fingerprint density at radius 1 is 1.47 bits per heavy atom. The number of rotatable bonds is 7. The van der Waals surface area contributed by atoms with Crippen LogP contribution < -0.4 is 0 Å². The molecule has 0 radical (unpaired) electrons. The topological polar surface area (TPSA) is 37.3 Å². The Morgan fingerprint density at radius 2 is 2.13 bits per heavy atom. The van der Waals surface area contributed by atoms with Crippen LogP contribution in [0.15, 0.2) is 0 Å². The molecular formula is C12H23O2P. The van der Waals surface area contributed by atoms with Crippen LogP contribution in [0.25, 0.3) is 0 Å². The van der Waals surface area contributed by atoms with Gasteiger partial charge in [0, 0.05) is 0 Å². The van der Waals surface area contributed by atoms with E-state index in [-0.39, 0.29) is 5.92 Å². The summed E-state index contributed by atoms with van der Waals surface area (Å²) in [7, 11) is 1.04. The molecule has 88 valence electrons. The minimum Gasteiger partial charge on any atom is -0.481 e. The van der Waals surface area contributed by atoms with E-state index in [0.717, 1.165) is 21.4 Å². The largest absolute Gasteiger partial charge is 0.481 e. The first-order valence-corrected chi connectivity index (χ1v) is 7.71. The lowest BCUT2D eigenvalue weighted by molar-refractivity contribution is -0.150. The van der Waals surface area contributed by atoms with E-state index < -0.39 is 5.97 Å². The zero-order chi connectivity index (χ0) is 11.3. The molecule has 0 bridgehead atoms. The fraction of sp³-hybridized carbons (Fsp3) is 0.917. The van der Waals surface area contributed by atoms with Gasteiger partial charge in [-0.1, -0.05) is 13.3 Å². The van der Waals surface area contributed by atoms with Crippen LogP contribution in [0.3, 0.4) is 0 Å². The van der Waals surface area contributed by atoms with Gasteiger partial charge in [-0.05, 0) is 50.3 Å². The fourth-order valence-corrected chi connectivity index (χ4v) is 3.39. The van der Waals surface area contributed by atoms with Crippen LogP contribution in [0.5, 0.6) is 0 Å². The van der Waals surface area contributed by atoms with Gasteiger partial charge in [-0.25, -0.2) is 0 Å². The Bertz CT molecular complexity index is 210. The highest BCUT2D eigenvalue weighted by atomic mass is 31.1. The van der Waals surface area contributed by atoms with Crippen molar-refractivity contribution in [1.82, 2.24) is 0 Å². The average molecular weight is 230 g/mol. The van der Waals surface area contributed by atoms with Gasteiger partial charge >= 0.3 is 5.97 Å². The van der Waals surface area contributed by atoms with Crippen molar-refractivity contribution < 1.29 is 9.90 Å². The number of hydrogen-bond donors (Lipinski definition) is 1. The third-order valence-electron chi connectivity index (χ3n) is 3.62. The van der Waals surface area contributed by atoms with E-state index in [1.807, 2.05) is 0 Å². The molecular weight excluding hydrogens is 207 g/mol. The summed E-state index contributed by atoms with van der Waals surface area (Å²) in [6, 6.07) is 0. The number of carboxylic acid groups (broad SMARTS) is 1. The van der Waals surface area contributed by atoms with Crippen LogP contribution in [-0.2, 0) is 4.79 Å². The second kappa shape index (κ2) is 5.84. The minimum absolute atomic E-state index is 0.0411. The smallest absolute Gasteiger partial charge is 0.306 e. The monoisotopic (exact) mass is 230 g/mol. The van der Waals surface area contributed by atoms with Crippen molar-refractivity contribution in [3.63, 3.8) is 0 Å². The Balaban J connectivity index is 2.35. The molecule has 0 aromatic heterocycles. The highest BCUT2D eigenvalue weighted by Gasteiger charge is 2.45. The van der Waals surface area contributed by atoms with Crippen molar-refractivity contribution in [3.8, 4) is 0 Å². The van der Waals surface area contributed by atoms with Crippen LogP contribution in [0.2, 0.25) is 0 Å². The van der Waals surface area contributed by atoms with Crippen molar-refractivity contribution >= 4 is 14.6 Å². The van der Waals surface area contributed by atoms with E-state index in [1.165, 1.54) is 31.8 Å². The molecule has 0 aromatic carbocycles. The predicted octanol–water partition coefficient (Wildman–Crippen LogP) is 3.36. The Morgan fingerprint density at radius 3 is 2.60 bits per heavy atom. The van der Waals surface area contributed by atoms with E-state index in [4.69, 9.17) is 5.11 Å². The third-order valence-corrected chi connectivity index (χ3v) is 4.48. The van der Waals surface area contributed by atoms with Crippen molar-refractivity contribution in [1.29, 1.82) is 0 Å². The van der Waals surface area contributed by atoms with Crippen LogP contribution in [0.4, 0.5) is 0 Å². The van der Waals surface area contributed by atoms with E-state index >= 15 is 0 Å². The summed E-state index contributed by atoms with van der Waals surface area (Å²) in [5, 5.41) is 8.91. The highest BCUT2D eigenvalue weighted by molar-refractivity contribution is 7.36. The molecule has 0 amide bonds. The molecule has 1 saturated carbocycles. The van der Waals surface area contributed by atoms with Crippen LogP contribution >= 0.6 is 8.58 Å². The first kappa shape index (κ1) is 13.0. The molecule has 1 fully saturated rings. The second-order valence-corrected chi connectivity index (χ2v) is 6.11. The normalized spacial score (nSPS) is 30.7.